The molecule has 13 heavy (non-hydrogen) atoms. The van der Waals surface area contributed by atoms with Gasteiger partial charge in [0.1, 0.15) is 19.6 Å². The van der Waals surface area contributed by atoms with Gasteiger partial charge in [0.2, 0.25) is 0 Å². The molecule has 0 amide bonds. The van der Waals surface area contributed by atoms with E-state index in [9.17, 15) is 0 Å². The van der Waals surface area contributed by atoms with E-state index in [0.29, 0.717) is 6.61 Å². The average Bonchev–Trinajstić information content (AvgIpc) is 2.55. The Morgan fingerprint density at radius 1 is 1.62 bits per heavy atom. The molecule has 2 heterocycles. The Hall–Kier alpha value is 0.295. The molecule has 4 atom stereocenters. The van der Waals surface area contributed by atoms with Crippen molar-refractivity contribution < 1.29 is 14.2 Å². The van der Waals surface area contributed by atoms with Gasteiger partial charge < -0.3 is 14.2 Å². The molecule has 72 valence electrons. The lowest BCUT2D eigenvalue weighted by Gasteiger charge is -2.30. The summed E-state index contributed by atoms with van der Waals surface area (Å²) in [7, 11) is 9.20. The molecule has 0 aliphatic carbocycles. The summed E-state index contributed by atoms with van der Waals surface area (Å²) in [5, 5.41) is 0.264. The highest BCUT2D eigenvalue weighted by Gasteiger charge is 2.59. The van der Waals surface area contributed by atoms with E-state index in [1.165, 1.54) is 0 Å². The summed E-state index contributed by atoms with van der Waals surface area (Å²) in [6.45, 7) is 0.558. The van der Waals surface area contributed by atoms with Crippen LogP contribution in [0.4, 0.5) is 0 Å². The molecule has 0 aromatic heterocycles. The summed E-state index contributed by atoms with van der Waals surface area (Å²) >= 11 is 1.82. The van der Waals surface area contributed by atoms with E-state index in [2.05, 4.69) is 0 Å². The lowest BCUT2D eigenvalue weighted by atomic mass is 9.93. The zero-order valence-electron chi connectivity index (χ0n) is 7.86. The van der Waals surface area contributed by atoms with Crippen LogP contribution in [0.15, 0.2) is 0 Å². The second-order valence-corrected chi connectivity index (χ2v) is 4.68. The summed E-state index contributed by atoms with van der Waals surface area (Å²) in [5.74, 6) is 0.914. The predicted octanol–water partition coefficient (Wildman–Crippen LogP) is 0.0268. The first-order valence-corrected chi connectivity index (χ1v) is 5.35. The highest BCUT2D eigenvalue weighted by molar-refractivity contribution is 8.00. The standard InChI is InChI=1S/C8H13BO3S/c1-10-3-8-4-13-5(6(8)11-2)7(9)12-8/h5-7H,3-4H2,1-2H3/t5?,6-,7-,8+/m1/s1. The number of hydrogen-bond acceptors (Lipinski definition) is 4. The van der Waals surface area contributed by atoms with Crippen LogP contribution in [0.25, 0.3) is 0 Å². The second-order valence-electron chi connectivity index (χ2n) is 3.51. The number of rotatable bonds is 3. The Morgan fingerprint density at radius 2 is 2.38 bits per heavy atom. The van der Waals surface area contributed by atoms with E-state index >= 15 is 0 Å². The Kier molecular flexibility index (Phi) is 2.62. The molecule has 2 aliphatic heterocycles. The highest BCUT2D eigenvalue weighted by atomic mass is 32.2. The van der Waals surface area contributed by atoms with Crippen molar-refractivity contribution in [3.05, 3.63) is 0 Å². The van der Waals surface area contributed by atoms with E-state index in [0.717, 1.165) is 5.75 Å². The summed E-state index contributed by atoms with van der Waals surface area (Å²) in [6, 6.07) is -0.209. The van der Waals surface area contributed by atoms with Gasteiger partial charge in [0.15, 0.2) is 0 Å². The number of fused-ring (bicyclic) bond motifs is 2. The first-order valence-electron chi connectivity index (χ1n) is 4.30. The molecule has 2 radical (unpaired) electrons. The third kappa shape index (κ3) is 1.33. The van der Waals surface area contributed by atoms with Crippen LogP contribution < -0.4 is 0 Å². The van der Waals surface area contributed by atoms with Crippen molar-refractivity contribution in [3.8, 4) is 0 Å². The lowest BCUT2D eigenvalue weighted by Crippen LogP contribution is -2.45. The highest BCUT2D eigenvalue weighted by Crippen LogP contribution is 2.48. The smallest absolute Gasteiger partial charge is 0.127 e. The van der Waals surface area contributed by atoms with Crippen LogP contribution in [0, 0.1) is 0 Å². The van der Waals surface area contributed by atoms with Crippen LogP contribution in [0.3, 0.4) is 0 Å². The maximum absolute atomic E-state index is 5.82. The molecule has 2 saturated heterocycles. The monoisotopic (exact) mass is 200 g/mol. The molecule has 2 rings (SSSR count). The van der Waals surface area contributed by atoms with E-state index in [-0.39, 0.29) is 23.0 Å². The van der Waals surface area contributed by atoms with Gasteiger partial charge in [-0.05, 0) is 0 Å². The van der Waals surface area contributed by atoms with E-state index in [4.69, 9.17) is 22.1 Å². The molecular weight excluding hydrogens is 187 g/mol. The van der Waals surface area contributed by atoms with Crippen molar-refractivity contribution in [1.29, 1.82) is 0 Å². The Labute approximate surface area is 83.9 Å². The van der Waals surface area contributed by atoms with Crippen LogP contribution in [0.5, 0.6) is 0 Å². The molecule has 0 saturated carbocycles. The fourth-order valence-corrected chi connectivity index (χ4v) is 3.73. The number of hydrogen-bond donors (Lipinski definition) is 0. The normalized spacial score (nSPS) is 48.6. The van der Waals surface area contributed by atoms with Gasteiger partial charge in [0.05, 0.1) is 11.9 Å². The van der Waals surface area contributed by atoms with Gasteiger partial charge >= 0.3 is 0 Å². The maximum atomic E-state index is 5.82. The zero-order chi connectivity index (χ0) is 9.47. The summed E-state index contributed by atoms with van der Waals surface area (Å²) < 4.78 is 16.3. The van der Waals surface area contributed by atoms with Crippen LogP contribution in [-0.4, -0.2) is 57.4 Å². The number of methoxy groups -OCH3 is 2. The molecule has 2 aliphatic rings. The summed E-state index contributed by atoms with van der Waals surface area (Å²) in [6.07, 6.45) is 0.0763. The van der Waals surface area contributed by atoms with Gasteiger partial charge in [-0.1, -0.05) is 0 Å². The SMILES string of the molecule is [B][C@@H]1O[C@@]2(COC)CSC1[C@H]2OC. The minimum atomic E-state index is -0.307. The fourth-order valence-electron chi connectivity index (χ4n) is 2.16. The summed E-state index contributed by atoms with van der Waals surface area (Å²) in [5.41, 5.74) is -0.307. The molecular formula is C8H13BO3S. The number of thioether (sulfide) groups is 1. The van der Waals surface area contributed by atoms with Gasteiger partial charge in [-0.3, -0.25) is 0 Å². The minimum absolute atomic E-state index is 0.0763. The quantitative estimate of drug-likeness (QED) is 0.600. The average molecular weight is 200 g/mol. The van der Waals surface area contributed by atoms with Crippen molar-refractivity contribution in [3.63, 3.8) is 0 Å². The molecule has 1 unspecified atom stereocenters. The zero-order valence-corrected chi connectivity index (χ0v) is 8.67. The summed E-state index contributed by atoms with van der Waals surface area (Å²) in [4.78, 5) is 0. The van der Waals surface area contributed by atoms with Crippen LogP contribution in [-0.2, 0) is 14.2 Å². The second kappa shape index (κ2) is 3.46. The molecule has 2 bridgehead atoms. The third-order valence-electron chi connectivity index (χ3n) is 2.67. The van der Waals surface area contributed by atoms with E-state index in [1.54, 1.807) is 14.2 Å². The molecule has 2 fully saturated rings. The van der Waals surface area contributed by atoms with Gasteiger partial charge in [-0.2, -0.15) is 11.8 Å². The Morgan fingerprint density at radius 3 is 2.92 bits per heavy atom. The molecule has 0 aromatic rings. The van der Waals surface area contributed by atoms with Crippen molar-refractivity contribution in [2.75, 3.05) is 26.6 Å². The van der Waals surface area contributed by atoms with Gasteiger partial charge in [0, 0.05) is 26.0 Å². The van der Waals surface area contributed by atoms with Gasteiger partial charge in [-0.25, -0.2) is 0 Å². The Bertz CT molecular complexity index is 204. The topological polar surface area (TPSA) is 27.7 Å². The molecule has 0 N–H and O–H groups in total. The largest absolute Gasteiger partial charge is 0.382 e. The van der Waals surface area contributed by atoms with Crippen molar-refractivity contribution in [2.24, 2.45) is 0 Å². The molecule has 0 spiro atoms. The minimum Gasteiger partial charge on any atom is -0.382 e. The van der Waals surface area contributed by atoms with Gasteiger partial charge in [-0.15, -0.1) is 0 Å². The number of ether oxygens (including phenoxy) is 3. The van der Waals surface area contributed by atoms with E-state index < -0.39 is 0 Å². The van der Waals surface area contributed by atoms with Crippen LogP contribution in [0.2, 0.25) is 0 Å². The van der Waals surface area contributed by atoms with Crippen molar-refractivity contribution >= 4 is 19.6 Å². The van der Waals surface area contributed by atoms with Crippen molar-refractivity contribution in [1.82, 2.24) is 0 Å². The molecule has 3 nitrogen and oxygen atoms in total. The molecule has 5 heteroatoms. The lowest BCUT2D eigenvalue weighted by molar-refractivity contribution is -0.0981. The van der Waals surface area contributed by atoms with Crippen molar-refractivity contribution in [2.45, 2.75) is 23.0 Å². The first kappa shape index (κ1) is 9.83. The predicted molar refractivity (Wildman–Crippen MR) is 52.3 cm³/mol. The maximum Gasteiger partial charge on any atom is 0.127 e. The van der Waals surface area contributed by atoms with E-state index in [1.807, 2.05) is 11.8 Å². The first-order chi connectivity index (χ1) is 6.23. The molecule has 0 aromatic carbocycles. The van der Waals surface area contributed by atoms with Gasteiger partial charge in [0.25, 0.3) is 0 Å². The van der Waals surface area contributed by atoms with Crippen LogP contribution >= 0.6 is 11.8 Å². The fraction of sp³-hybridized carbons (Fsp3) is 1.00. The van der Waals surface area contributed by atoms with Crippen LogP contribution in [0.1, 0.15) is 0 Å². The Balaban J connectivity index is 2.17. The third-order valence-corrected chi connectivity index (χ3v) is 4.23.